The Bertz CT molecular complexity index is 765. The molecule has 0 heterocycles. The third kappa shape index (κ3) is 3.94. The lowest BCUT2D eigenvalue weighted by Crippen LogP contribution is -2.65. The van der Waals surface area contributed by atoms with Crippen LogP contribution in [-0.2, 0) is 19.1 Å². The second-order valence-electron chi connectivity index (χ2n) is 12.7. The van der Waals surface area contributed by atoms with Crippen LogP contribution in [-0.4, -0.2) is 35.9 Å². The molecule has 188 valence electrons. The highest BCUT2D eigenvalue weighted by atomic mass is 16.5. The highest BCUT2D eigenvalue weighted by molar-refractivity contribution is 5.66. The number of aliphatic hydroxyl groups is 1. The predicted molar refractivity (Wildman–Crippen MR) is 127 cm³/mol. The summed E-state index contributed by atoms with van der Waals surface area (Å²) in [4.78, 5) is 23.9. The summed E-state index contributed by atoms with van der Waals surface area (Å²) in [5.74, 6) is 2.22. The lowest BCUT2D eigenvalue weighted by Gasteiger charge is -2.67. The van der Waals surface area contributed by atoms with Gasteiger partial charge in [0.25, 0.3) is 0 Å². The number of ether oxygens (including phenoxy) is 2. The smallest absolute Gasteiger partial charge is 0.302 e. The molecular weight excluding hydrogens is 416 g/mol. The van der Waals surface area contributed by atoms with Crippen molar-refractivity contribution < 1.29 is 24.2 Å². The number of aliphatic hydroxyl groups excluding tert-OH is 1. The van der Waals surface area contributed by atoms with Crippen LogP contribution in [0.4, 0.5) is 0 Å². The van der Waals surface area contributed by atoms with Crippen LogP contribution in [0.25, 0.3) is 0 Å². The van der Waals surface area contributed by atoms with Crippen LogP contribution in [0.2, 0.25) is 0 Å². The first-order valence-electron chi connectivity index (χ1n) is 13.4. The van der Waals surface area contributed by atoms with Gasteiger partial charge in [-0.2, -0.15) is 0 Å². The Morgan fingerprint density at radius 2 is 1.55 bits per heavy atom. The lowest BCUT2D eigenvalue weighted by atomic mass is 9.38. The molecule has 0 aliphatic heterocycles. The summed E-state index contributed by atoms with van der Waals surface area (Å²) >= 11 is 0. The summed E-state index contributed by atoms with van der Waals surface area (Å²) in [5.41, 5.74) is 0.389. The number of carbonyl (C=O) groups is 2. The molecule has 33 heavy (non-hydrogen) atoms. The fourth-order valence-electron chi connectivity index (χ4n) is 9.92. The molecule has 4 aliphatic carbocycles. The van der Waals surface area contributed by atoms with Gasteiger partial charge in [0, 0.05) is 25.9 Å². The van der Waals surface area contributed by atoms with Crippen molar-refractivity contribution in [1.29, 1.82) is 0 Å². The molecule has 0 aromatic rings. The van der Waals surface area contributed by atoms with Crippen molar-refractivity contribution in [1.82, 2.24) is 0 Å². The van der Waals surface area contributed by atoms with E-state index in [4.69, 9.17) is 9.47 Å². The Morgan fingerprint density at radius 3 is 2.18 bits per heavy atom. The third-order valence-corrected chi connectivity index (χ3v) is 11.3. The number of carbonyl (C=O) groups excluding carboxylic acids is 2. The van der Waals surface area contributed by atoms with E-state index in [-0.39, 0.29) is 47.0 Å². The Labute approximate surface area is 200 Å². The van der Waals surface area contributed by atoms with Crippen LogP contribution in [0.3, 0.4) is 0 Å². The first-order valence-corrected chi connectivity index (χ1v) is 13.4. The zero-order valence-electron chi connectivity index (χ0n) is 21.7. The van der Waals surface area contributed by atoms with Gasteiger partial charge in [0.1, 0.15) is 12.2 Å². The molecule has 0 saturated heterocycles. The topological polar surface area (TPSA) is 72.8 Å². The Morgan fingerprint density at radius 1 is 0.909 bits per heavy atom. The minimum Gasteiger partial charge on any atom is -0.463 e. The molecule has 0 aromatic heterocycles. The van der Waals surface area contributed by atoms with Crippen LogP contribution < -0.4 is 0 Å². The Hall–Kier alpha value is -1.10. The van der Waals surface area contributed by atoms with Crippen molar-refractivity contribution in [2.45, 2.75) is 112 Å². The normalized spacial score (nSPS) is 47.6. The van der Waals surface area contributed by atoms with Gasteiger partial charge < -0.3 is 14.6 Å². The molecule has 4 aliphatic rings. The third-order valence-electron chi connectivity index (χ3n) is 11.3. The number of esters is 2. The highest BCUT2D eigenvalue weighted by Crippen LogP contribution is 2.73. The van der Waals surface area contributed by atoms with Crippen LogP contribution in [0.15, 0.2) is 0 Å². The highest BCUT2D eigenvalue weighted by Gasteiger charge is 2.69. The number of rotatable bonds is 5. The molecule has 4 saturated carbocycles. The molecule has 0 spiro atoms. The maximum atomic E-state index is 12.3. The van der Waals surface area contributed by atoms with Crippen molar-refractivity contribution in [3.05, 3.63) is 0 Å². The average Bonchev–Trinajstić information content (AvgIpc) is 3.07. The monoisotopic (exact) mass is 462 g/mol. The molecule has 1 N–H and O–H groups in total. The summed E-state index contributed by atoms with van der Waals surface area (Å²) in [5, 5.41) is 9.61. The molecule has 0 unspecified atom stereocenters. The summed E-state index contributed by atoms with van der Waals surface area (Å²) in [6.45, 7) is 13.1. The van der Waals surface area contributed by atoms with Crippen molar-refractivity contribution in [3.63, 3.8) is 0 Å². The number of fused-ring (bicyclic) bond motifs is 5. The zero-order chi connectivity index (χ0) is 24.2. The summed E-state index contributed by atoms with van der Waals surface area (Å²) < 4.78 is 11.8. The standard InChI is InChI=1S/C28H46O5/c1-17(11-14-29)22-7-8-23-27(22,5)13-10-24-26(4)12-9-21(32-18(2)30)15-20(26)16-25(28(23,24)6)33-19(3)31/h17,20-25,29H,7-16H2,1-6H3/t17-,20+,21-,22-,23-,24-,25-,26+,27-,28+/m1/s1. The van der Waals surface area contributed by atoms with E-state index in [1.165, 1.54) is 32.6 Å². The summed E-state index contributed by atoms with van der Waals surface area (Å²) in [6.07, 6.45) is 9.38. The molecule has 5 nitrogen and oxygen atoms in total. The molecule has 0 radical (unpaired) electrons. The molecule has 0 aromatic carbocycles. The van der Waals surface area contributed by atoms with Gasteiger partial charge in [-0.25, -0.2) is 0 Å². The van der Waals surface area contributed by atoms with E-state index in [0.29, 0.717) is 29.6 Å². The van der Waals surface area contributed by atoms with E-state index in [1.54, 1.807) is 6.92 Å². The second kappa shape index (κ2) is 8.84. The summed E-state index contributed by atoms with van der Waals surface area (Å²) in [7, 11) is 0. The van der Waals surface area contributed by atoms with Crippen LogP contribution in [0.5, 0.6) is 0 Å². The van der Waals surface area contributed by atoms with Crippen LogP contribution >= 0.6 is 0 Å². The van der Waals surface area contributed by atoms with Crippen molar-refractivity contribution in [3.8, 4) is 0 Å². The zero-order valence-corrected chi connectivity index (χ0v) is 21.7. The van der Waals surface area contributed by atoms with Gasteiger partial charge in [-0.15, -0.1) is 0 Å². The minimum atomic E-state index is -0.191. The van der Waals surface area contributed by atoms with E-state index in [1.807, 2.05) is 0 Å². The molecular formula is C28H46O5. The summed E-state index contributed by atoms with van der Waals surface area (Å²) in [6, 6.07) is 0. The Kier molecular flexibility index (Phi) is 6.70. The Balaban J connectivity index is 1.68. The van der Waals surface area contributed by atoms with E-state index in [2.05, 4.69) is 27.7 Å². The van der Waals surface area contributed by atoms with Crippen LogP contribution in [0.1, 0.15) is 99.3 Å². The van der Waals surface area contributed by atoms with Crippen LogP contribution in [0, 0.1) is 45.8 Å². The molecule has 4 fully saturated rings. The molecule has 0 amide bonds. The maximum Gasteiger partial charge on any atom is 0.302 e. The molecule has 4 rings (SSSR count). The van der Waals surface area contributed by atoms with Gasteiger partial charge in [-0.3, -0.25) is 9.59 Å². The van der Waals surface area contributed by atoms with Crippen molar-refractivity contribution in [2.75, 3.05) is 6.61 Å². The van der Waals surface area contributed by atoms with Gasteiger partial charge in [0.2, 0.25) is 0 Å². The SMILES string of the molecule is CC(=O)O[C@@H]1CC[C@@]2(C)[C@@H](C1)C[C@@H](OC(C)=O)[C@]1(C)[C@@H]2CC[C@]2(C)[C@@H]([C@H](C)CCO)CC[C@H]21. The first-order chi connectivity index (χ1) is 15.5. The van der Waals surface area contributed by atoms with Gasteiger partial charge in [-0.05, 0) is 98.2 Å². The van der Waals surface area contributed by atoms with E-state index < -0.39 is 0 Å². The quantitative estimate of drug-likeness (QED) is 0.544. The van der Waals surface area contributed by atoms with Crippen molar-refractivity contribution >= 4 is 11.9 Å². The molecule has 5 heteroatoms. The van der Waals surface area contributed by atoms with E-state index in [9.17, 15) is 14.7 Å². The van der Waals surface area contributed by atoms with Gasteiger partial charge in [-0.1, -0.05) is 27.7 Å². The van der Waals surface area contributed by atoms with Gasteiger partial charge >= 0.3 is 11.9 Å². The predicted octanol–water partition coefficient (Wildman–Crippen LogP) is 5.53. The molecule has 0 bridgehead atoms. The van der Waals surface area contributed by atoms with Gasteiger partial charge in [0.05, 0.1) is 0 Å². The molecule has 10 atom stereocenters. The van der Waals surface area contributed by atoms with E-state index in [0.717, 1.165) is 32.1 Å². The number of hydrogen-bond acceptors (Lipinski definition) is 5. The minimum absolute atomic E-state index is 0.00745. The fraction of sp³-hybridized carbons (Fsp3) is 0.929. The fourth-order valence-corrected chi connectivity index (χ4v) is 9.92. The largest absolute Gasteiger partial charge is 0.463 e. The first kappa shape index (κ1) is 25.0. The number of hydrogen-bond donors (Lipinski definition) is 1. The van der Waals surface area contributed by atoms with E-state index >= 15 is 0 Å². The lowest BCUT2D eigenvalue weighted by molar-refractivity contribution is -0.235. The maximum absolute atomic E-state index is 12.3. The van der Waals surface area contributed by atoms with Crippen molar-refractivity contribution in [2.24, 2.45) is 45.8 Å². The average molecular weight is 463 g/mol. The van der Waals surface area contributed by atoms with Gasteiger partial charge in [0.15, 0.2) is 0 Å². The second-order valence-corrected chi connectivity index (χ2v) is 12.7.